The lowest BCUT2D eigenvalue weighted by Gasteiger charge is -2.13. The van der Waals surface area contributed by atoms with Crippen LogP contribution in [0.4, 0.5) is 22.0 Å². The van der Waals surface area contributed by atoms with E-state index in [1.807, 2.05) is 0 Å². The lowest BCUT2D eigenvalue weighted by Crippen LogP contribution is -2.26. The van der Waals surface area contributed by atoms with Gasteiger partial charge in [0.25, 0.3) is 0 Å². The van der Waals surface area contributed by atoms with E-state index in [-0.39, 0.29) is 18.7 Å². The fourth-order valence-electron chi connectivity index (χ4n) is 1.35. The first-order valence-electron chi connectivity index (χ1n) is 5.20. The number of nitrogens with one attached hydrogen (secondary N) is 1. The zero-order chi connectivity index (χ0) is 13.8. The molecule has 0 spiro atoms. The van der Waals surface area contributed by atoms with Gasteiger partial charge in [-0.05, 0) is 6.07 Å². The van der Waals surface area contributed by atoms with Gasteiger partial charge in [0.2, 0.25) is 0 Å². The summed E-state index contributed by atoms with van der Waals surface area (Å²) >= 11 is 0. The molecule has 1 unspecified atom stereocenters. The van der Waals surface area contributed by atoms with Gasteiger partial charge < -0.3 is 10.4 Å². The summed E-state index contributed by atoms with van der Waals surface area (Å²) in [6.07, 6.45) is -6.64. The highest BCUT2D eigenvalue weighted by atomic mass is 19.4. The van der Waals surface area contributed by atoms with Crippen molar-refractivity contribution in [3.63, 3.8) is 0 Å². The zero-order valence-corrected chi connectivity index (χ0v) is 9.27. The van der Waals surface area contributed by atoms with Crippen LogP contribution in [0, 0.1) is 11.6 Å². The van der Waals surface area contributed by atoms with Crippen LogP contribution in [0.15, 0.2) is 18.2 Å². The van der Waals surface area contributed by atoms with E-state index < -0.39 is 30.3 Å². The topological polar surface area (TPSA) is 32.3 Å². The predicted octanol–water partition coefficient (Wildman–Crippen LogP) is 2.54. The third kappa shape index (κ3) is 4.97. The minimum absolute atomic E-state index is 0.157. The van der Waals surface area contributed by atoms with Crippen LogP contribution in [0.25, 0.3) is 0 Å². The first-order chi connectivity index (χ1) is 8.29. The molecule has 0 amide bonds. The van der Waals surface area contributed by atoms with Crippen LogP contribution in [0.3, 0.4) is 0 Å². The summed E-state index contributed by atoms with van der Waals surface area (Å²) in [5.41, 5.74) is -0.157. The van der Waals surface area contributed by atoms with Crippen molar-refractivity contribution in [2.45, 2.75) is 18.7 Å². The van der Waals surface area contributed by atoms with E-state index in [2.05, 4.69) is 5.32 Å². The molecule has 1 rings (SSSR count). The maximum absolute atomic E-state index is 13.2. The van der Waals surface area contributed by atoms with Gasteiger partial charge in [0.15, 0.2) is 0 Å². The monoisotopic (exact) mass is 269 g/mol. The molecule has 18 heavy (non-hydrogen) atoms. The Labute approximate surface area is 100 Å². The van der Waals surface area contributed by atoms with E-state index in [0.29, 0.717) is 6.07 Å². The van der Waals surface area contributed by atoms with E-state index in [9.17, 15) is 27.1 Å². The van der Waals surface area contributed by atoms with Crippen LogP contribution in [-0.4, -0.2) is 24.4 Å². The number of aliphatic hydroxyl groups is 1. The van der Waals surface area contributed by atoms with Crippen molar-refractivity contribution in [1.29, 1.82) is 0 Å². The number of aliphatic hydroxyl groups excluding tert-OH is 1. The van der Waals surface area contributed by atoms with Gasteiger partial charge in [-0.1, -0.05) is 6.07 Å². The molecular weight excluding hydrogens is 257 g/mol. The third-order valence-electron chi connectivity index (χ3n) is 2.24. The van der Waals surface area contributed by atoms with E-state index >= 15 is 0 Å². The van der Waals surface area contributed by atoms with Crippen LogP contribution in [0.1, 0.15) is 18.1 Å². The molecule has 1 aromatic carbocycles. The minimum atomic E-state index is -4.28. The molecule has 1 atom stereocenters. The Bertz CT molecular complexity index is 394. The molecule has 0 fully saturated rings. The van der Waals surface area contributed by atoms with Crippen LogP contribution in [-0.2, 0) is 0 Å². The van der Waals surface area contributed by atoms with Crippen molar-refractivity contribution in [1.82, 2.24) is 5.32 Å². The second-order valence-electron chi connectivity index (χ2n) is 3.75. The molecule has 0 aromatic heterocycles. The SMILES string of the molecule is OC(CNCCC(F)(F)F)c1ccc(F)cc1F. The van der Waals surface area contributed by atoms with Crippen molar-refractivity contribution in [3.05, 3.63) is 35.4 Å². The number of rotatable bonds is 5. The van der Waals surface area contributed by atoms with E-state index in [1.54, 1.807) is 0 Å². The molecular formula is C11H12F5NO. The third-order valence-corrected chi connectivity index (χ3v) is 2.24. The molecule has 0 radical (unpaired) electrons. The van der Waals surface area contributed by atoms with Crippen molar-refractivity contribution >= 4 is 0 Å². The molecule has 0 heterocycles. The maximum atomic E-state index is 13.2. The molecule has 1 aromatic rings. The van der Waals surface area contributed by atoms with Gasteiger partial charge in [-0.2, -0.15) is 13.2 Å². The lowest BCUT2D eigenvalue weighted by molar-refractivity contribution is -0.133. The first-order valence-corrected chi connectivity index (χ1v) is 5.20. The second kappa shape index (κ2) is 6.10. The summed E-state index contributed by atoms with van der Waals surface area (Å²) in [7, 11) is 0. The van der Waals surface area contributed by atoms with Gasteiger partial charge >= 0.3 is 6.18 Å². The summed E-state index contributed by atoms with van der Waals surface area (Å²) in [5.74, 6) is -1.71. The second-order valence-corrected chi connectivity index (χ2v) is 3.75. The van der Waals surface area contributed by atoms with E-state index in [4.69, 9.17) is 0 Å². The maximum Gasteiger partial charge on any atom is 0.390 e. The standard InChI is InChI=1S/C11H12F5NO/c12-7-1-2-8(9(13)5-7)10(18)6-17-4-3-11(14,15)16/h1-2,5,10,17-18H,3-4,6H2. The Morgan fingerprint density at radius 1 is 1.22 bits per heavy atom. The molecule has 0 saturated carbocycles. The molecule has 0 aliphatic rings. The predicted molar refractivity (Wildman–Crippen MR) is 54.9 cm³/mol. The van der Waals surface area contributed by atoms with Gasteiger partial charge in [-0.25, -0.2) is 8.78 Å². The van der Waals surface area contributed by atoms with Gasteiger partial charge in [0.1, 0.15) is 11.6 Å². The van der Waals surface area contributed by atoms with Crippen molar-refractivity contribution < 1.29 is 27.1 Å². The molecule has 2 nitrogen and oxygen atoms in total. The molecule has 0 bridgehead atoms. The van der Waals surface area contributed by atoms with Crippen LogP contribution >= 0.6 is 0 Å². The Morgan fingerprint density at radius 2 is 1.89 bits per heavy atom. The van der Waals surface area contributed by atoms with E-state index in [0.717, 1.165) is 12.1 Å². The Morgan fingerprint density at radius 3 is 2.44 bits per heavy atom. The number of halogens is 5. The highest BCUT2D eigenvalue weighted by molar-refractivity contribution is 5.21. The molecule has 0 saturated heterocycles. The molecule has 2 N–H and O–H groups in total. The molecule has 102 valence electrons. The van der Waals surface area contributed by atoms with Crippen LogP contribution in [0.5, 0.6) is 0 Å². The smallest absolute Gasteiger partial charge is 0.387 e. The van der Waals surface area contributed by atoms with E-state index in [1.165, 1.54) is 0 Å². The minimum Gasteiger partial charge on any atom is -0.387 e. The number of hydrogen-bond donors (Lipinski definition) is 2. The fourth-order valence-corrected chi connectivity index (χ4v) is 1.35. The first kappa shape index (κ1) is 14.8. The quantitative estimate of drug-likeness (QED) is 0.636. The summed E-state index contributed by atoms with van der Waals surface area (Å²) in [5, 5.41) is 11.9. The highest BCUT2D eigenvalue weighted by Crippen LogP contribution is 2.19. The Kier molecular flexibility index (Phi) is 5.03. The zero-order valence-electron chi connectivity index (χ0n) is 9.27. The highest BCUT2D eigenvalue weighted by Gasteiger charge is 2.26. The number of hydrogen-bond acceptors (Lipinski definition) is 2. The van der Waals surface area contributed by atoms with Crippen molar-refractivity contribution in [2.24, 2.45) is 0 Å². The summed E-state index contributed by atoms with van der Waals surface area (Å²) in [4.78, 5) is 0. The average molecular weight is 269 g/mol. The van der Waals surface area contributed by atoms with Gasteiger partial charge in [0.05, 0.1) is 12.5 Å². The van der Waals surface area contributed by atoms with Gasteiger partial charge in [0, 0.05) is 24.7 Å². The summed E-state index contributed by atoms with van der Waals surface area (Å²) in [6.45, 7) is -0.609. The summed E-state index contributed by atoms with van der Waals surface area (Å²) in [6, 6.07) is 2.63. The Balaban J connectivity index is 2.43. The Hall–Kier alpha value is -1.21. The molecule has 7 heteroatoms. The van der Waals surface area contributed by atoms with Gasteiger partial charge in [-0.15, -0.1) is 0 Å². The number of benzene rings is 1. The molecule has 0 aliphatic heterocycles. The van der Waals surface area contributed by atoms with Crippen molar-refractivity contribution in [3.8, 4) is 0 Å². The largest absolute Gasteiger partial charge is 0.390 e. The van der Waals surface area contributed by atoms with Crippen molar-refractivity contribution in [2.75, 3.05) is 13.1 Å². The lowest BCUT2D eigenvalue weighted by atomic mass is 10.1. The number of alkyl halides is 3. The molecule has 0 aliphatic carbocycles. The average Bonchev–Trinajstić information content (AvgIpc) is 2.22. The normalized spacial score (nSPS) is 13.7. The van der Waals surface area contributed by atoms with Crippen LogP contribution < -0.4 is 5.32 Å². The summed E-state index contributed by atoms with van der Waals surface area (Å²) < 4.78 is 61.2. The van der Waals surface area contributed by atoms with Gasteiger partial charge in [-0.3, -0.25) is 0 Å². The fraction of sp³-hybridized carbons (Fsp3) is 0.455. The van der Waals surface area contributed by atoms with Crippen LogP contribution in [0.2, 0.25) is 0 Å².